The highest BCUT2D eigenvalue weighted by Crippen LogP contribution is 2.70. The number of carbonyl (C=O) groups is 1. The molecule has 1 aromatic carbocycles. The van der Waals surface area contributed by atoms with E-state index in [2.05, 4.69) is 15.4 Å². The first-order valence-corrected chi connectivity index (χ1v) is 9.50. The lowest BCUT2D eigenvalue weighted by Crippen LogP contribution is -2.71. The molecule has 6 nitrogen and oxygen atoms in total. The van der Waals surface area contributed by atoms with E-state index in [0.717, 1.165) is 30.6 Å². The second-order valence-corrected chi connectivity index (χ2v) is 8.36. The van der Waals surface area contributed by atoms with Crippen LogP contribution in [0, 0.1) is 11.2 Å². The number of anilines is 1. The Kier molecular flexibility index (Phi) is 3.84. The number of rotatable bonds is 7. The van der Waals surface area contributed by atoms with E-state index in [9.17, 15) is 9.18 Å². The molecule has 2 aromatic heterocycles. The maximum atomic E-state index is 13.4. The van der Waals surface area contributed by atoms with E-state index in [0.29, 0.717) is 12.2 Å². The Balaban J connectivity index is 1.15. The molecule has 8 heteroatoms. The summed E-state index contributed by atoms with van der Waals surface area (Å²) >= 11 is 5.65. The summed E-state index contributed by atoms with van der Waals surface area (Å²) in [5, 5.41) is 7.80. The van der Waals surface area contributed by atoms with E-state index in [-0.39, 0.29) is 28.4 Å². The zero-order valence-electron chi connectivity index (χ0n) is 15.0. The molecule has 1 N–H and O–H groups in total. The molecule has 0 aliphatic heterocycles. The van der Waals surface area contributed by atoms with Gasteiger partial charge < -0.3 is 10.1 Å². The first-order valence-electron chi connectivity index (χ1n) is 9.12. The van der Waals surface area contributed by atoms with Crippen molar-refractivity contribution in [2.75, 3.05) is 11.9 Å². The molecule has 3 aliphatic carbocycles. The van der Waals surface area contributed by atoms with E-state index in [4.69, 9.17) is 16.3 Å². The summed E-state index contributed by atoms with van der Waals surface area (Å²) in [5.74, 6) is 0.610. The van der Waals surface area contributed by atoms with Crippen LogP contribution in [-0.2, 0) is 4.79 Å². The lowest BCUT2D eigenvalue weighted by molar-refractivity contribution is -0.147. The standard InChI is InChI=1S/C20H18ClFN4O2/c21-15-2-1-14(7-16(15)22)28-9-13(27)8-19-10-20(11-19,12-19)25-18-17-3-4-24-26(17)6-5-23-18/h1-7H,8-12H2,(H,23,25). The highest BCUT2D eigenvalue weighted by atomic mass is 35.5. The summed E-state index contributed by atoms with van der Waals surface area (Å²) in [7, 11) is 0. The summed E-state index contributed by atoms with van der Waals surface area (Å²) in [6.45, 7) is -0.0556. The first kappa shape index (κ1) is 17.4. The number of Topliss-reactive ketones (excluding diaryl/α,β-unsaturated/α-hetero) is 1. The Bertz CT molecular complexity index is 1060. The van der Waals surface area contributed by atoms with Crippen LogP contribution in [0.5, 0.6) is 5.75 Å². The predicted molar refractivity (Wildman–Crippen MR) is 102 cm³/mol. The van der Waals surface area contributed by atoms with Gasteiger partial charge in [0, 0.05) is 30.4 Å². The van der Waals surface area contributed by atoms with Gasteiger partial charge in [-0.2, -0.15) is 5.10 Å². The van der Waals surface area contributed by atoms with Crippen molar-refractivity contribution in [2.24, 2.45) is 5.41 Å². The van der Waals surface area contributed by atoms with Gasteiger partial charge >= 0.3 is 0 Å². The average molecular weight is 401 g/mol. The molecule has 3 fully saturated rings. The molecule has 0 unspecified atom stereocenters. The molecule has 0 atom stereocenters. The number of aromatic nitrogens is 3. The van der Waals surface area contributed by atoms with Crippen molar-refractivity contribution in [2.45, 2.75) is 31.2 Å². The molecule has 0 amide bonds. The number of halogens is 2. The number of benzene rings is 1. The summed E-state index contributed by atoms with van der Waals surface area (Å²) in [5.41, 5.74) is 1.03. The molecular weight excluding hydrogens is 383 g/mol. The van der Waals surface area contributed by atoms with Crippen molar-refractivity contribution >= 4 is 28.7 Å². The van der Waals surface area contributed by atoms with Gasteiger partial charge in [-0.3, -0.25) is 4.79 Å². The van der Waals surface area contributed by atoms with Crippen molar-refractivity contribution in [1.82, 2.24) is 14.6 Å². The van der Waals surface area contributed by atoms with Crippen molar-refractivity contribution in [3.05, 3.63) is 53.7 Å². The fourth-order valence-corrected chi connectivity index (χ4v) is 4.84. The number of hydrogen-bond acceptors (Lipinski definition) is 5. The zero-order valence-corrected chi connectivity index (χ0v) is 15.7. The Hall–Kier alpha value is -2.67. The topological polar surface area (TPSA) is 68.5 Å². The van der Waals surface area contributed by atoms with Crippen LogP contribution in [0.1, 0.15) is 25.7 Å². The Morgan fingerprint density at radius 1 is 1.29 bits per heavy atom. The number of hydrogen-bond donors (Lipinski definition) is 1. The summed E-state index contributed by atoms with van der Waals surface area (Å²) in [6.07, 6.45) is 8.60. The maximum Gasteiger partial charge on any atom is 0.170 e. The number of nitrogens with one attached hydrogen (secondary N) is 1. The molecule has 3 aromatic rings. The van der Waals surface area contributed by atoms with Crippen LogP contribution >= 0.6 is 11.6 Å². The first-order chi connectivity index (χ1) is 13.5. The van der Waals surface area contributed by atoms with Crippen LogP contribution in [0.15, 0.2) is 42.9 Å². The van der Waals surface area contributed by atoms with E-state index in [1.54, 1.807) is 23.0 Å². The molecule has 3 saturated carbocycles. The van der Waals surface area contributed by atoms with Gasteiger partial charge in [0.2, 0.25) is 0 Å². The molecule has 0 spiro atoms. The van der Waals surface area contributed by atoms with Crippen LogP contribution in [-0.4, -0.2) is 32.5 Å². The SMILES string of the molecule is O=C(COc1ccc(Cl)c(F)c1)CC12CC(Nc3nccn4nccc34)(C1)C2. The molecule has 144 valence electrons. The maximum absolute atomic E-state index is 13.4. The van der Waals surface area contributed by atoms with E-state index < -0.39 is 5.82 Å². The van der Waals surface area contributed by atoms with E-state index >= 15 is 0 Å². The number of ether oxygens (including phenoxy) is 1. The van der Waals surface area contributed by atoms with Gasteiger partial charge in [-0.1, -0.05) is 11.6 Å². The lowest BCUT2D eigenvalue weighted by atomic mass is 9.38. The van der Waals surface area contributed by atoms with Gasteiger partial charge in [-0.25, -0.2) is 13.9 Å². The van der Waals surface area contributed by atoms with Gasteiger partial charge in [0.05, 0.1) is 11.2 Å². The molecule has 2 bridgehead atoms. The second kappa shape index (κ2) is 6.17. The number of fused-ring (bicyclic) bond motifs is 1. The Morgan fingerprint density at radius 3 is 2.89 bits per heavy atom. The van der Waals surface area contributed by atoms with Gasteiger partial charge in [0.15, 0.2) is 11.6 Å². The van der Waals surface area contributed by atoms with Crippen LogP contribution < -0.4 is 10.1 Å². The average Bonchev–Trinajstić information content (AvgIpc) is 3.09. The molecule has 2 heterocycles. The highest BCUT2D eigenvalue weighted by molar-refractivity contribution is 6.30. The molecule has 0 radical (unpaired) electrons. The van der Waals surface area contributed by atoms with Crippen LogP contribution in [0.25, 0.3) is 5.52 Å². The summed E-state index contributed by atoms with van der Waals surface area (Å²) in [6, 6.07) is 6.10. The second-order valence-electron chi connectivity index (χ2n) is 7.95. The van der Waals surface area contributed by atoms with Gasteiger partial charge in [-0.05, 0) is 42.9 Å². The van der Waals surface area contributed by atoms with Gasteiger partial charge in [0.25, 0.3) is 0 Å². The highest BCUT2D eigenvalue weighted by Gasteiger charge is 2.68. The quantitative estimate of drug-likeness (QED) is 0.651. The normalized spacial score (nSPS) is 25.1. The van der Waals surface area contributed by atoms with Crippen molar-refractivity contribution in [1.29, 1.82) is 0 Å². The summed E-state index contributed by atoms with van der Waals surface area (Å²) < 4.78 is 20.6. The molecule has 28 heavy (non-hydrogen) atoms. The minimum absolute atomic E-state index is 0.0273. The Labute approximate surface area is 165 Å². The monoisotopic (exact) mass is 400 g/mol. The van der Waals surface area contributed by atoms with Gasteiger partial charge in [0.1, 0.15) is 23.7 Å². The minimum atomic E-state index is -0.555. The fourth-order valence-electron chi connectivity index (χ4n) is 4.72. The van der Waals surface area contributed by atoms with E-state index in [1.807, 2.05) is 12.3 Å². The third kappa shape index (κ3) is 2.90. The fraction of sp³-hybridized carbons (Fsp3) is 0.350. The number of carbonyl (C=O) groups excluding carboxylic acids is 1. The zero-order chi connectivity index (χ0) is 19.4. The van der Waals surface area contributed by atoms with Crippen LogP contribution in [0.2, 0.25) is 5.02 Å². The lowest BCUT2D eigenvalue weighted by Gasteiger charge is -2.71. The van der Waals surface area contributed by atoms with E-state index in [1.165, 1.54) is 12.1 Å². The molecule has 6 rings (SSSR count). The van der Waals surface area contributed by atoms with Crippen molar-refractivity contribution in [3.8, 4) is 5.75 Å². The largest absolute Gasteiger partial charge is 0.486 e. The summed E-state index contributed by atoms with van der Waals surface area (Å²) in [4.78, 5) is 16.7. The number of ketones is 1. The Morgan fingerprint density at radius 2 is 2.11 bits per heavy atom. The third-order valence-electron chi connectivity index (χ3n) is 5.71. The predicted octanol–water partition coefficient (Wildman–Crippen LogP) is 3.89. The molecule has 0 saturated heterocycles. The molecular formula is C20H18ClFN4O2. The molecule has 3 aliphatic rings. The van der Waals surface area contributed by atoms with Crippen molar-refractivity contribution < 1.29 is 13.9 Å². The minimum Gasteiger partial charge on any atom is -0.486 e. The van der Waals surface area contributed by atoms with Crippen molar-refractivity contribution in [3.63, 3.8) is 0 Å². The van der Waals surface area contributed by atoms with Crippen LogP contribution in [0.4, 0.5) is 10.2 Å². The number of nitrogens with zero attached hydrogens (tertiary/aromatic N) is 3. The van der Waals surface area contributed by atoms with Gasteiger partial charge in [-0.15, -0.1) is 0 Å². The van der Waals surface area contributed by atoms with Crippen LogP contribution in [0.3, 0.4) is 0 Å². The third-order valence-corrected chi connectivity index (χ3v) is 6.02. The smallest absolute Gasteiger partial charge is 0.170 e.